The van der Waals surface area contributed by atoms with Crippen molar-refractivity contribution in [3.8, 4) is 0 Å². The lowest BCUT2D eigenvalue weighted by Crippen LogP contribution is -2.08. The van der Waals surface area contributed by atoms with Gasteiger partial charge in [0.2, 0.25) is 0 Å². The molecule has 1 heterocycles. The molecule has 86 valence electrons. The van der Waals surface area contributed by atoms with Crippen LogP contribution in [0.15, 0.2) is 23.2 Å². The number of hydrogen-bond donors (Lipinski definition) is 1. The summed E-state index contributed by atoms with van der Waals surface area (Å²) in [6.07, 6.45) is 1.11. The molecule has 0 aliphatic carbocycles. The van der Waals surface area contributed by atoms with Crippen molar-refractivity contribution in [1.29, 1.82) is 0 Å². The first-order valence-corrected chi connectivity index (χ1v) is 6.31. The Morgan fingerprint density at radius 1 is 1.56 bits per heavy atom. The number of rotatable bonds is 2. The van der Waals surface area contributed by atoms with Crippen LogP contribution in [0, 0.1) is 12.7 Å². The van der Waals surface area contributed by atoms with E-state index in [0.29, 0.717) is 5.25 Å². The summed E-state index contributed by atoms with van der Waals surface area (Å²) in [5, 5.41) is 4.66. The number of halogens is 1. The molecule has 1 atom stereocenters. The van der Waals surface area contributed by atoms with Crippen LogP contribution in [0.4, 0.5) is 10.1 Å². The van der Waals surface area contributed by atoms with Crippen LogP contribution in [0.1, 0.15) is 18.9 Å². The lowest BCUT2D eigenvalue weighted by molar-refractivity contribution is 0.628. The smallest absolute Gasteiger partial charge is 0.161 e. The Labute approximate surface area is 99.3 Å². The van der Waals surface area contributed by atoms with Gasteiger partial charge in [-0.2, -0.15) is 0 Å². The van der Waals surface area contributed by atoms with E-state index in [1.54, 1.807) is 17.8 Å². The van der Waals surface area contributed by atoms with Crippen LogP contribution < -0.4 is 5.32 Å². The first-order chi connectivity index (χ1) is 7.69. The van der Waals surface area contributed by atoms with Gasteiger partial charge in [0.25, 0.3) is 0 Å². The van der Waals surface area contributed by atoms with E-state index < -0.39 is 0 Å². The summed E-state index contributed by atoms with van der Waals surface area (Å²) >= 11 is 1.74. The van der Waals surface area contributed by atoms with Crippen molar-refractivity contribution in [3.05, 3.63) is 29.6 Å². The summed E-state index contributed by atoms with van der Waals surface area (Å²) in [7, 11) is 0. The molecular weight excluding hydrogens is 223 g/mol. The van der Waals surface area contributed by atoms with E-state index in [2.05, 4.69) is 17.2 Å². The molecule has 1 aliphatic heterocycles. The van der Waals surface area contributed by atoms with Crippen LogP contribution >= 0.6 is 11.8 Å². The maximum Gasteiger partial charge on any atom is 0.161 e. The molecule has 2 rings (SSSR count). The van der Waals surface area contributed by atoms with Crippen molar-refractivity contribution in [2.45, 2.75) is 25.5 Å². The Morgan fingerprint density at radius 3 is 3.06 bits per heavy atom. The highest BCUT2D eigenvalue weighted by Gasteiger charge is 2.18. The summed E-state index contributed by atoms with van der Waals surface area (Å²) in [6, 6.07) is 4.76. The molecular formula is C12H15FN2S. The second-order valence-electron chi connectivity index (χ2n) is 3.88. The molecule has 1 N–H and O–H groups in total. The summed E-state index contributed by atoms with van der Waals surface area (Å²) < 4.78 is 13.1. The van der Waals surface area contributed by atoms with Crippen LogP contribution in [0.25, 0.3) is 0 Å². The van der Waals surface area contributed by atoms with E-state index in [-0.39, 0.29) is 5.82 Å². The zero-order valence-electron chi connectivity index (χ0n) is 9.46. The monoisotopic (exact) mass is 238 g/mol. The van der Waals surface area contributed by atoms with Crippen LogP contribution in [0.2, 0.25) is 0 Å². The fourth-order valence-corrected chi connectivity index (χ4v) is 2.49. The lowest BCUT2D eigenvalue weighted by Gasteiger charge is -2.09. The number of benzene rings is 1. The van der Waals surface area contributed by atoms with Gasteiger partial charge in [-0.3, -0.25) is 4.99 Å². The van der Waals surface area contributed by atoms with Gasteiger partial charge in [-0.15, -0.1) is 0 Å². The second kappa shape index (κ2) is 4.87. The number of amidine groups is 1. The third kappa shape index (κ3) is 2.55. The van der Waals surface area contributed by atoms with Gasteiger partial charge in [0.1, 0.15) is 5.82 Å². The normalized spacial score (nSPS) is 19.7. The first kappa shape index (κ1) is 11.5. The van der Waals surface area contributed by atoms with E-state index in [1.807, 2.05) is 6.92 Å². The standard InChI is InChI=1S/C12H15FN2S/c1-3-10-7-14-12(16-10)15-11-6-9(13)5-4-8(11)2/h4-6,10H,3,7H2,1-2H3,(H,14,15). The summed E-state index contributed by atoms with van der Waals surface area (Å²) in [5.41, 5.74) is 1.84. The molecule has 0 amide bonds. The van der Waals surface area contributed by atoms with Gasteiger partial charge in [0.05, 0.1) is 6.54 Å². The number of nitrogens with one attached hydrogen (secondary N) is 1. The molecule has 1 aromatic carbocycles. The summed E-state index contributed by atoms with van der Waals surface area (Å²) in [6.45, 7) is 4.97. The van der Waals surface area contributed by atoms with E-state index in [1.165, 1.54) is 12.1 Å². The zero-order chi connectivity index (χ0) is 11.5. The Morgan fingerprint density at radius 2 is 2.38 bits per heavy atom. The molecule has 0 fully saturated rings. The van der Waals surface area contributed by atoms with Gasteiger partial charge in [0.15, 0.2) is 5.17 Å². The highest BCUT2D eigenvalue weighted by atomic mass is 32.2. The molecule has 0 radical (unpaired) electrons. The van der Waals surface area contributed by atoms with E-state index >= 15 is 0 Å². The molecule has 1 aliphatic rings. The second-order valence-corrected chi connectivity index (χ2v) is 5.17. The number of aryl methyl sites for hydroxylation is 1. The zero-order valence-corrected chi connectivity index (χ0v) is 10.3. The molecule has 1 unspecified atom stereocenters. The molecule has 2 nitrogen and oxygen atoms in total. The predicted octanol–water partition coefficient (Wildman–Crippen LogP) is 3.43. The van der Waals surface area contributed by atoms with Crippen molar-refractivity contribution in [2.24, 2.45) is 4.99 Å². The van der Waals surface area contributed by atoms with Crippen molar-refractivity contribution in [3.63, 3.8) is 0 Å². The largest absolute Gasteiger partial charge is 0.335 e. The average molecular weight is 238 g/mol. The van der Waals surface area contributed by atoms with E-state index in [0.717, 1.165) is 29.4 Å². The Kier molecular flexibility index (Phi) is 3.49. The average Bonchev–Trinajstić information content (AvgIpc) is 2.71. The minimum Gasteiger partial charge on any atom is -0.335 e. The molecule has 0 saturated carbocycles. The van der Waals surface area contributed by atoms with E-state index in [9.17, 15) is 4.39 Å². The molecule has 0 spiro atoms. The maximum atomic E-state index is 13.1. The minimum absolute atomic E-state index is 0.219. The van der Waals surface area contributed by atoms with E-state index in [4.69, 9.17) is 0 Å². The summed E-state index contributed by atoms with van der Waals surface area (Å²) in [5.74, 6) is -0.219. The number of aliphatic imine (C=N–C) groups is 1. The van der Waals surface area contributed by atoms with Gasteiger partial charge < -0.3 is 5.32 Å². The van der Waals surface area contributed by atoms with Crippen molar-refractivity contribution in [2.75, 3.05) is 11.9 Å². The third-order valence-electron chi connectivity index (χ3n) is 2.61. The number of nitrogens with zero attached hydrogens (tertiary/aromatic N) is 1. The predicted molar refractivity (Wildman–Crippen MR) is 68.7 cm³/mol. The van der Waals surface area contributed by atoms with Crippen molar-refractivity contribution >= 4 is 22.6 Å². The lowest BCUT2D eigenvalue weighted by atomic mass is 10.2. The quantitative estimate of drug-likeness (QED) is 0.853. The van der Waals surface area contributed by atoms with Gasteiger partial charge in [-0.1, -0.05) is 24.8 Å². The number of anilines is 1. The van der Waals surface area contributed by atoms with Crippen LogP contribution in [-0.4, -0.2) is 17.0 Å². The SMILES string of the molecule is CCC1CN=C(Nc2cc(F)ccc2C)S1. The molecule has 1 aromatic rings. The van der Waals surface area contributed by atoms with Gasteiger partial charge in [-0.25, -0.2) is 4.39 Å². The molecule has 0 bridgehead atoms. The highest BCUT2D eigenvalue weighted by Crippen LogP contribution is 2.26. The number of hydrogen-bond acceptors (Lipinski definition) is 3. The Hall–Kier alpha value is -1.03. The molecule has 4 heteroatoms. The molecule has 16 heavy (non-hydrogen) atoms. The van der Waals surface area contributed by atoms with Crippen molar-refractivity contribution < 1.29 is 4.39 Å². The minimum atomic E-state index is -0.219. The Balaban J connectivity index is 2.07. The third-order valence-corrected chi connectivity index (χ3v) is 3.88. The Bertz CT molecular complexity index is 417. The van der Waals surface area contributed by atoms with Gasteiger partial charge in [-0.05, 0) is 31.0 Å². The highest BCUT2D eigenvalue weighted by molar-refractivity contribution is 8.15. The van der Waals surface area contributed by atoms with Crippen LogP contribution in [-0.2, 0) is 0 Å². The van der Waals surface area contributed by atoms with Crippen molar-refractivity contribution in [1.82, 2.24) is 0 Å². The molecule has 0 aromatic heterocycles. The molecule has 0 saturated heterocycles. The number of thioether (sulfide) groups is 1. The van der Waals surface area contributed by atoms with Gasteiger partial charge in [0, 0.05) is 10.9 Å². The fraction of sp³-hybridized carbons (Fsp3) is 0.417. The van der Waals surface area contributed by atoms with Gasteiger partial charge >= 0.3 is 0 Å². The summed E-state index contributed by atoms with van der Waals surface area (Å²) in [4.78, 5) is 4.40. The van der Waals surface area contributed by atoms with Crippen LogP contribution in [0.3, 0.4) is 0 Å². The topological polar surface area (TPSA) is 24.4 Å². The first-order valence-electron chi connectivity index (χ1n) is 5.43. The van der Waals surface area contributed by atoms with Crippen LogP contribution in [0.5, 0.6) is 0 Å². The maximum absolute atomic E-state index is 13.1. The fourth-order valence-electron chi connectivity index (χ4n) is 1.54.